The highest BCUT2D eigenvalue weighted by atomic mass is 19.3. The molecule has 0 saturated carbocycles. The van der Waals surface area contributed by atoms with Gasteiger partial charge in [0.15, 0.2) is 0 Å². The summed E-state index contributed by atoms with van der Waals surface area (Å²) < 4.78 is 34.1. The molecule has 1 aliphatic heterocycles. The van der Waals surface area contributed by atoms with Gasteiger partial charge in [-0.1, -0.05) is 12.1 Å². The summed E-state index contributed by atoms with van der Waals surface area (Å²) in [5, 5.41) is 5.11. The van der Waals surface area contributed by atoms with Crippen molar-refractivity contribution in [1.29, 1.82) is 0 Å². The Balaban J connectivity index is 1.86. The summed E-state index contributed by atoms with van der Waals surface area (Å²) in [5.74, 6) is -0.0743. The number of alkyl halides is 2. The second-order valence-electron chi connectivity index (χ2n) is 4.34. The van der Waals surface area contributed by atoms with Gasteiger partial charge in [0.1, 0.15) is 5.75 Å². The number of carbonyl (C=O) groups is 1. The Labute approximate surface area is 115 Å². The predicted octanol–water partition coefficient (Wildman–Crippen LogP) is 2.59. The fourth-order valence-electron chi connectivity index (χ4n) is 1.95. The molecule has 0 bridgehead atoms. The molecule has 7 heteroatoms. The molecule has 20 heavy (non-hydrogen) atoms. The van der Waals surface area contributed by atoms with Crippen LogP contribution in [0.2, 0.25) is 0 Å². The van der Waals surface area contributed by atoms with Crippen molar-refractivity contribution < 1.29 is 23.0 Å². The SMILES string of the molecule is O=C(NCC1CCCO1)Nc1ccccc1OC(F)F. The van der Waals surface area contributed by atoms with Crippen LogP contribution in [0.3, 0.4) is 0 Å². The Bertz CT molecular complexity index is 451. The molecule has 2 amide bonds. The molecule has 110 valence electrons. The molecule has 2 rings (SSSR count). The third kappa shape index (κ3) is 4.34. The van der Waals surface area contributed by atoms with Crippen LogP contribution >= 0.6 is 0 Å². The number of carbonyl (C=O) groups excluding carboxylic acids is 1. The van der Waals surface area contributed by atoms with Crippen LogP contribution in [0, 0.1) is 0 Å². The van der Waals surface area contributed by atoms with Crippen LogP contribution in [-0.4, -0.2) is 31.9 Å². The summed E-state index contributed by atoms with van der Waals surface area (Å²) >= 11 is 0. The maximum atomic E-state index is 12.2. The summed E-state index contributed by atoms with van der Waals surface area (Å²) in [6.07, 6.45) is 1.91. The van der Waals surface area contributed by atoms with E-state index in [4.69, 9.17) is 4.74 Å². The number of hydrogen-bond donors (Lipinski definition) is 2. The fourth-order valence-corrected chi connectivity index (χ4v) is 1.95. The average Bonchev–Trinajstić information content (AvgIpc) is 2.91. The molecule has 0 aromatic heterocycles. The summed E-state index contributed by atoms with van der Waals surface area (Å²) in [6.45, 7) is -1.84. The van der Waals surface area contributed by atoms with E-state index in [1.165, 1.54) is 12.1 Å². The van der Waals surface area contributed by atoms with E-state index in [0.29, 0.717) is 13.2 Å². The quantitative estimate of drug-likeness (QED) is 0.874. The molecule has 0 aliphatic carbocycles. The van der Waals surface area contributed by atoms with Gasteiger partial charge in [-0.15, -0.1) is 0 Å². The van der Waals surface area contributed by atoms with Crippen LogP contribution in [0.15, 0.2) is 24.3 Å². The maximum Gasteiger partial charge on any atom is 0.387 e. The van der Waals surface area contributed by atoms with E-state index < -0.39 is 12.6 Å². The van der Waals surface area contributed by atoms with E-state index in [2.05, 4.69) is 15.4 Å². The van der Waals surface area contributed by atoms with E-state index in [9.17, 15) is 13.6 Å². The highest BCUT2D eigenvalue weighted by Crippen LogP contribution is 2.25. The number of urea groups is 1. The lowest BCUT2D eigenvalue weighted by atomic mass is 10.2. The third-order valence-electron chi connectivity index (χ3n) is 2.87. The maximum absolute atomic E-state index is 12.2. The zero-order valence-corrected chi connectivity index (χ0v) is 10.8. The van der Waals surface area contributed by atoms with E-state index in [1.54, 1.807) is 12.1 Å². The van der Waals surface area contributed by atoms with Crippen LogP contribution in [0.4, 0.5) is 19.3 Å². The summed E-state index contributed by atoms with van der Waals surface area (Å²) in [6, 6.07) is 5.54. The van der Waals surface area contributed by atoms with Crippen molar-refractivity contribution in [3.63, 3.8) is 0 Å². The first-order valence-corrected chi connectivity index (χ1v) is 6.35. The first-order valence-electron chi connectivity index (χ1n) is 6.35. The topological polar surface area (TPSA) is 59.6 Å². The zero-order chi connectivity index (χ0) is 14.4. The summed E-state index contributed by atoms with van der Waals surface area (Å²) in [5.41, 5.74) is 0.192. The number of anilines is 1. The van der Waals surface area contributed by atoms with Crippen LogP contribution in [0.1, 0.15) is 12.8 Å². The zero-order valence-electron chi connectivity index (χ0n) is 10.8. The summed E-state index contributed by atoms with van der Waals surface area (Å²) in [7, 11) is 0. The molecule has 1 aromatic rings. The van der Waals surface area contributed by atoms with Crippen LogP contribution in [0.25, 0.3) is 0 Å². The van der Waals surface area contributed by atoms with Crippen LogP contribution in [-0.2, 0) is 4.74 Å². The van der Waals surface area contributed by atoms with E-state index >= 15 is 0 Å². The van der Waals surface area contributed by atoms with Gasteiger partial charge in [0, 0.05) is 13.2 Å². The standard InChI is InChI=1S/C13H16F2N2O3/c14-12(15)20-11-6-2-1-5-10(11)17-13(18)16-8-9-4-3-7-19-9/h1-2,5-6,9,12H,3-4,7-8H2,(H2,16,17,18). The Kier molecular flexibility index (Phi) is 5.11. The number of hydrogen-bond acceptors (Lipinski definition) is 3. The molecule has 1 unspecified atom stereocenters. The summed E-state index contributed by atoms with van der Waals surface area (Å²) in [4.78, 5) is 11.7. The van der Waals surface area contributed by atoms with Gasteiger partial charge < -0.3 is 20.1 Å². The molecule has 1 aliphatic rings. The van der Waals surface area contributed by atoms with Gasteiger partial charge in [-0.25, -0.2) is 4.79 Å². The normalized spacial score (nSPS) is 18.1. The van der Waals surface area contributed by atoms with E-state index in [-0.39, 0.29) is 17.5 Å². The molecular weight excluding hydrogens is 270 g/mol. The lowest BCUT2D eigenvalue weighted by Crippen LogP contribution is -2.35. The highest BCUT2D eigenvalue weighted by molar-refractivity contribution is 5.90. The van der Waals surface area contributed by atoms with Crippen molar-refractivity contribution in [2.75, 3.05) is 18.5 Å². The first kappa shape index (κ1) is 14.5. The molecule has 1 atom stereocenters. The molecule has 5 nitrogen and oxygen atoms in total. The van der Waals surface area contributed by atoms with Crippen molar-refractivity contribution in [1.82, 2.24) is 5.32 Å². The first-order chi connectivity index (χ1) is 9.65. The molecule has 2 N–H and O–H groups in total. The van der Waals surface area contributed by atoms with Crippen molar-refractivity contribution in [2.45, 2.75) is 25.6 Å². The molecule has 0 radical (unpaired) electrons. The number of rotatable bonds is 5. The lowest BCUT2D eigenvalue weighted by molar-refractivity contribution is -0.0493. The number of para-hydroxylation sites is 2. The predicted molar refractivity (Wildman–Crippen MR) is 69.1 cm³/mol. The smallest absolute Gasteiger partial charge is 0.387 e. The van der Waals surface area contributed by atoms with Gasteiger partial charge in [0.25, 0.3) is 0 Å². The Hall–Kier alpha value is -1.89. The monoisotopic (exact) mass is 286 g/mol. The molecular formula is C13H16F2N2O3. The Morgan fingerprint density at radius 2 is 2.25 bits per heavy atom. The minimum absolute atomic E-state index is 0.0216. The van der Waals surface area contributed by atoms with Gasteiger partial charge >= 0.3 is 12.6 Å². The number of benzene rings is 1. The lowest BCUT2D eigenvalue weighted by Gasteiger charge is -2.14. The van der Waals surface area contributed by atoms with Crippen molar-refractivity contribution in [3.05, 3.63) is 24.3 Å². The van der Waals surface area contributed by atoms with Crippen LogP contribution in [0.5, 0.6) is 5.75 Å². The number of ether oxygens (including phenoxy) is 2. The van der Waals surface area contributed by atoms with E-state index in [1.807, 2.05) is 0 Å². The molecule has 1 heterocycles. The van der Waals surface area contributed by atoms with Gasteiger partial charge in [-0.05, 0) is 25.0 Å². The molecule has 1 saturated heterocycles. The Morgan fingerprint density at radius 1 is 1.45 bits per heavy atom. The second-order valence-corrected chi connectivity index (χ2v) is 4.34. The number of amides is 2. The molecule has 0 spiro atoms. The fraction of sp³-hybridized carbons (Fsp3) is 0.462. The Morgan fingerprint density at radius 3 is 2.95 bits per heavy atom. The number of halogens is 2. The van der Waals surface area contributed by atoms with Crippen molar-refractivity contribution in [3.8, 4) is 5.75 Å². The highest BCUT2D eigenvalue weighted by Gasteiger charge is 2.17. The van der Waals surface area contributed by atoms with Crippen molar-refractivity contribution >= 4 is 11.7 Å². The largest absolute Gasteiger partial charge is 0.433 e. The van der Waals surface area contributed by atoms with E-state index in [0.717, 1.165) is 12.8 Å². The minimum Gasteiger partial charge on any atom is -0.433 e. The third-order valence-corrected chi connectivity index (χ3v) is 2.87. The van der Waals surface area contributed by atoms with Gasteiger partial charge in [0.2, 0.25) is 0 Å². The van der Waals surface area contributed by atoms with Gasteiger partial charge in [-0.3, -0.25) is 0 Å². The average molecular weight is 286 g/mol. The van der Waals surface area contributed by atoms with Crippen LogP contribution < -0.4 is 15.4 Å². The molecule has 1 fully saturated rings. The molecule has 1 aromatic carbocycles. The van der Waals surface area contributed by atoms with Crippen molar-refractivity contribution in [2.24, 2.45) is 0 Å². The van der Waals surface area contributed by atoms with Gasteiger partial charge in [-0.2, -0.15) is 8.78 Å². The second kappa shape index (κ2) is 7.04. The van der Waals surface area contributed by atoms with Gasteiger partial charge in [0.05, 0.1) is 11.8 Å². The minimum atomic E-state index is -2.94. The number of nitrogens with one attached hydrogen (secondary N) is 2.